The fourth-order valence-electron chi connectivity index (χ4n) is 2.55. The molecule has 1 aliphatic heterocycles. The van der Waals surface area contributed by atoms with Gasteiger partial charge >= 0.3 is 0 Å². The van der Waals surface area contributed by atoms with E-state index in [9.17, 15) is 5.11 Å². The van der Waals surface area contributed by atoms with Gasteiger partial charge in [0.15, 0.2) is 5.11 Å². The van der Waals surface area contributed by atoms with Gasteiger partial charge in [0.05, 0.1) is 28.7 Å². The number of aromatic nitrogens is 1. The van der Waals surface area contributed by atoms with Gasteiger partial charge in [0.25, 0.3) is 0 Å². The van der Waals surface area contributed by atoms with Crippen LogP contribution < -0.4 is 5.32 Å². The van der Waals surface area contributed by atoms with Crippen molar-refractivity contribution in [1.82, 2.24) is 15.2 Å². The summed E-state index contributed by atoms with van der Waals surface area (Å²) in [6, 6.07) is 9.67. The van der Waals surface area contributed by atoms with Crippen molar-refractivity contribution in [1.29, 1.82) is 0 Å². The Bertz CT molecular complexity index is 634. The Morgan fingerprint density at radius 3 is 2.86 bits per heavy atom. The molecule has 1 saturated heterocycles. The molecule has 0 spiro atoms. The molecule has 4 nitrogen and oxygen atoms in total. The van der Waals surface area contributed by atoms with Crippen LogP contribution in [0.4, 0.5) is 0 Å². The lowest BCUT2D eigenvalue weighted by atomic mass is 10.0. The lowest BCUT2D eigenvalue weighted by molar-refractivity contribution is 0.224. The van der Waals surface area contributed by atoms with Gasteiger partial charge in [-0.2, -0.15) is 0 Å². The van der Waals surface area contributed by atoms with Gasteiger partial charge in [-0.1, -0.05) is 17.7 Å². The van der Waals surface area contributed by atoms with Crippen molar-refractivity contribution in [3.63, 3.8) is 0 Å². The van der Waals surface area contributed by atoms with Crippen LogP contribution in [-0.4, -0.2) is 33.3 Å². The molecule has 0 aliphatic carbocycles. The molecule has 7 heteroatoms. The van der Waals surface area contributed by atoms with Gasteiger partial charge in [0.1, 0.15) is 0 Å². The van der Waals surface area contributed by atoms with Crippen LogP contribution >= 0.6 is 35.2 Å². The Morgan fingerprint density at radius 1 is 1.38 bits per heavy atom. The Balaban J connectivity index is 2.00. The van der Waals surface area contributed by atoms with Gasteiger partial charge in [-0.25, -0.2) is 0 Å². The van der Waals surface area contributed by atoms with E-state index in [0.717, 1.165) is 14.9 Å². The monoisotopic (exact) mass is 339 g/mol. The van der Waals surface area contributed by atoms with Crippen LogP contribution in [0.1, 0.15) is 22.7 Å². The van der Waals surface area contributed by atoms with E-state index in [-0.39, 0.29) is 18.7 Å². The van der Waals surface area contributed by atoms with Crippen molar-refractivity contribution in [3.05, 3.63) is 51.4 Å². The van der Waals surface area contributed by atoms with Crippen LogP contribution in [0, 0.1) is 0 Å². The maximum absolute atomic E-state index is 9.30. The van der Waals surface area contributed by atoms with E-state index in [0.29, 0.717) is 11.7 Å². The molecule has 1 fully saturated rings. The minimum absolute atomic E-state index is 0.00273. The number of aliphatic hydroxyl groups is 1. The molecule has 3 heterocycles. The lowest BCUT2D eigenvalue weighted by Gasteiger charge is -2.25. The predicted molar refractivity (Wildman–Crippen MR) is 88.6 cm³/mol. The Kier molecular flexibility index (Phi) is 4.40. The van der Waals surface area contributed by atoms with Crippen LogP contribution in [0.3, 0.4) is 0 Å². The first-order valence-corrected chi connectivity index (χ1v) is 8.15. The number of aliphatic hydroxyl groups excluding tert-OH is 1. The summed E-state index contributed by atoms with van der Waals surface area (Å²) in [5.74, 6) is 0. The topological polar surface area (TPSA) is 48.4 Å². The summed E-state index contributed by atoms with van der Waals surface area (Å²) >= 11 is 13.0. The predicted octanol–water partition coefficient (Wildman–Crippen LogP) is 2.76. The minimum atomic E-state index is -0.0417. The fourth-order valence-corrected chi connectivity index (χ4v) is 4.09. The highest BCUT2D eigenvalue weighted by Crippen LogP contribution is 2.41. The summed E-state index contributed by atoms with van der Waals surface area (Å²) in [5.41, 5.74) is 0.926. The van der Waals surface area contributed by atoms with E-state index in [1.54, 1.807) is 6.20 Å². The fraction of sp³-hybridized carbons (Fsp3) is 0.286. The van der Waals surface area contributed by atoms with Gasteiger partial charge in [-0.05, 0) is 36.5 Å². The number of β-amino-alcohol motifs (C(OH)–C–C–N with tert-alkyl or cyclic N) is 1. The SMILES string of the molecule is OCCN1C(=S)NC(c2ccccn2)C1c1ccc(Cl)s1. The second-order valence-corrected chi connectivity index (χ2v) is 6.82. The molecular weight excluding hydrogens is 326 g/mol. The summed E-state index contributed by atoms with van der Waals surface area (Å²) in [4.78, 5) is 7.54. The normalized spacial score (nSPS) is 21.6. The quantitative estimate of drug-likeness (QED) is 0.839. The zero-order chi connectivity index (χ0) is 14.8. The first-order chi connectivity index (χ1) is 10.2. The van der Waals surface area contributed by atoms with Crippen LogP contribution in [0.2, 0.25) is 4.34 Å². The summed E-state index contributed by atoms with van der Waals surface area (Å²) in [7, 11) is 0. The van der Waals surface area contributed by atoms with E-state index in [4.69, 9.17) is 23.8 Å². The van der Waals surface area contributed by atoms with Crippen molar-refractivity contribution in [2.75, 3.05) is 13.2 Å². The number of hydrogen-bond donors (Lipinski definition) is 2. The molecule has 2 aromatic heterocycles. The summed E-state index contributed by atoms with van der Waals surface area (Å²) in [6.07, 6.45) is 1.77. The number of thiophene rings is 1. The van der Waals surface area contributed by atoms with E-state index in [1.165, 1.54) is 11.3 Å². The number of nitrogens with one attached hydrogen (secondary N) is 1. The van der Waals surface area contributed by atoms with Crippen molar-refractivity contribution >= 4 is 40.3 Å². The molecule has 0 radical (unpaired) electrons. The number of hydrogen-bond acceptors (Lipinski definition) is 4. The van der Waals surface area contributed by atoms with Gasteiger partial charge in [0.2, 0.25) is 0 Å². The zero-order valence-electron chi connectivity index (χ0n) is 11.1. The highest BCUT2D eigenvalue weighted by atomic mass is 35.5. The van der Waals surface area contributed by atoms with Gasteiger partial charge in [-0.15, -0.1) is 11.3 Å². The third-order valence-electron chi connectivity index (χ3n) is 3.42. The van der Waals surface area contributed by atoms with Crippen molar-refractivity contribution in [2.24, 2.45) is 0 Å². The first kappa shape index (κ1) is 14.7. The second-order valence-electron chi connectivity index (χ2n) is 4.69. The van der Waals surface area contributed by atoms with E-state index >= 15 is 0 Å². The summed E-state index contributed by atoms with van der Waals surface area (Å²) in [6.45, 7) is 0.529. The molecule has 2 N–H and O–H groups in total. The Hall–Kier alpha value is -1.21. The van der Waals surface area contributed by atoms with Gasteiger partial charge < -0.3 is 15.3 Å². The Labute approximate surface area is 137 Å². The van der Waals surface area contributed by atoms with Gasteiger partial charge in [-0.3, -0.25) is 4.98 Å². The number of nitrogens with zero attached hydrogens (tertiary/aromatic N) is 2. The largest absolute Gasteiger partial charge is 0.395 e. The van der Waals surface area contributed by atoms with Crippen LogP contribution in [-0.2, 0) is 0 Å². The van der Waals surface area contributed by atoms with Crippen LogP contribution in [0.25, 0.3) is 0 Å². The average Bonchev–Trinajstić information content (AvgIpc) is 3.05. The average molecular weight is 340 g/mol. The lowest BCUT2D eigenvalue weighted by Crippen LogP contribution is -2.31. The maximum atomic E-state index is 9.30. The summed E-state index contributed by atoms with van der Waals surface area (Å²) < 4.78 is 0.742. The van der Waals surface area contributed by atoms with Gasteiger partial charge in [0, 0.05) is 17.6 Å². The maximum Gasteiger partial charge on any atom is 0.170 e. The standard InChI is InChI=1S/C14H14ClN3OS2/c15-11-5-4-10(21-11)13-12(9-3-1-2-6-16-9)17-14(20)18(13)7-8-19/h1-6,12-13,19H,7-8H2,(H,17,20). The van der Waals surface area contributed by atoms with Crippen LogP contribution in [0.5, 0.6) is 0 Å². The number of thiocarbonyl (C=S) groups is 1. The molecule has 3 rings (SSSR count). The molecule has 1 aliphatic rings. The van der Waals surface area contributed by atoms with Crippen molar-refractivity contribution in [2.45, 2.75) is 12.1 Å². The third-order valence-corrected chi connectivity index (χ3v) is 5.08. The zero-order valence-corrected chi connectivity index (χ0v) is 13.5. The number of rotatable bonds is 4. The summed E-state index contributed by atoms with van der Waals surface area (Å²) in [5, 5.41) is 13.2. The molecular formula is C14H14ClN3OS2. The Morgan fingerprint density at radius 2 is 2.24 bits per heavy atom. The molecule has 0 aromatic carbocycles. The molecule has 0 saturated carbocycles. The minimum Gasteiger partial charge on any atom is -0.395 e. The smallest absolute Gasteiger partial charge is 0.170 e. The van der Waals surface area contributed by atoms with Crippen LogP contribution in [0.15, 0.2) is 36.5 Å². The first-order valence-electron chi connectivity index (χ1n) is 6.55. The molecule has 2 atom stereocenters. The number of pyridine rings is 1. The van der Waals surface area contributed by atoms with E-state index in [2.05, 4.69) is 10.3 Å². The molecule has 110 valence electrons. The number of halogens is 1. The third kappa shape index (κ3) is 2.89. The van der Waals surface area contributed by atoms with E-state index in [1.807, 2.05) is 35.2 Å². The van der Waals surface area contributed by atoms with E-state index < -0.39 is 0 Å². The van der Waals surface area contributed by atoms with Crippen molar-refractivity contribution in [3.8, 4) is 0 Å². The molecule has 21 heavy (non-hydrogen) atoms. The molecule has 0 bridgehead atoms. The molecule has 2 unspecified atom stereocenters. The highest BCUT2D eigenvalue weighted by Gasteiger charge is 2.40. The second kappa shape index (κ2) is 6.27. The van der Waals surface area contributed by atoms with Crippen molar-refractivity contribution < 1.29 is 5.11 Å². The molecule has 0 amide bonds. The highest BCUT2D eigenvalue weighted by molar-refractivity contribution is 7.80. The molecule has 2 aromatic rings.